The third kappa shape index (κ3) is 4.86. The van der Waals surface area contributed by atoms with E-state index in [1.165, 1.54) is 44.6 Å². The standard InChI is InChI=1S/C23H34FN3O/c24-20-9-7-8-18(14-20)22-17-27(23(28)25-21-10-3-1-4-11-21)16-19(22)15-26-12-5-2-6-13-26/h7-9,14,19,21-22H,1-6,10-13,15-17H2,(H,25,28). The lowest BCUT2D eigenvalue weighted by molar-refractivity contribution is 0.183. The molecule has 2 aliphatic heterocycles. The largest absolute Gasteiger partial charge is 0.335 e. The van der Waals surface area contributed by atoms with E-state index in [9.17, 15) is 9.18 Å². The van der Waals surface area contributed by atoms with Crippen molar-refractivity contribution in [3.8, 4) is 0 Å². The Morgan fingerprint density at radius 2 is 1.79 bits per heavy atom. The second-order valence-electron chi connectivity index (χ2n) is 8.97. The van der Waals surface area contributed by atoms with Gasteiger partial charge in [-0.1, -0.05) is 37.8 Å². The van der Waals surface area contributed by atoms with E-state index in [2.05, 4.69) is 10.2 Å². The number of benzene rings is 1. The Kier molecular flexibility index (Phi) is 6.50. The molecule has 0 bridgehead atoms. The summed E-state index contributed by atoms with van der Waals surface area (Å²) < 4.78 is 13.9. The molecule has 2 unspecified atom stereocenters. The maximum absolute atomic E-state index is 13.9. The van der Waals surface area contributed by atoms with Crippen LogP contribution in [0.1, 0.15) is 62.8 Å². The minimum Gasteiger partial charge on any atom is -0.335 e. The number of piperidine rings is 1. The molecule has 1 aromatic rings. The van der Waals surface area contributed by atoms with E-state index in [4.69, 9.17) is 0 Å². The summed E-state index contributed by atoms with van der Waals surface area (Å²) in [4.78, 5) is 17.5. The molecule has 2 heterocycles. The van der Waals surface area contributed by atoms with E-state index in [-0.39, 0.29) is 17.8 Å². The number of amides is 2. The molecule has 2 saturated heterocycles. The van der Waals surface area contributed by atoms with Gasteiger partial charge in [0.2, 0.25) is 0 Å². The maximum atomic E-state index is 13.9. The van der Waals surface area contributed by atoms with Crippen LogP contribution in [0.4, 0.5) is 9.18 Å². The van der Waals surface area contributed by atoms with Gasteiger partial charge in [0, 0.05) is 31.6 Å². The Labute approximate surface area is 168 Å². The third-order valence-electron chi connectivity index (χ3n) is 6.88. The smallest absolute Gasteiger partial charge is 0.317 e. The number of nitrogens with zero attached hydrogens (tertiary/aromatic N) is 2. The first-order valence-electron chi connectivity index (χ1n) is 11.2. The molecule has 1 N–H and O–H groups in total. The Morgan fingerprint density at radius 1 is 1.04 bits per heavy atom. The summed E-state index contributed by atoms with van der Waals surface area (Å²) in [7, 11) is 0. The van der Waals surface area contributed by atoms with Gasteiger partial charge in [0.15, 0.2) is 0 Å². The molecular formula is C23H34FN3O. The van der Waals surface area contributed by atoms with Gasteiger partial charge < -0.3 is 15.1 Å². The number of nitrogens with one attached hydrogen (secondary N) is 1. The molecule has 4 nitrogen and oxygen atoms in total. The van der Waals surface area contributed by atoms with Crippen molar-refractivity contribution < 1.29 is 9.18 Å². The molecule has 4 rings (SSSR count). The average Bonchev–Trinajstić information content (AvgIpc) is 3.13. The SMILES string of the molecule is O=C(NC1CCCCC1)N1CC(CN2CCCCC2)C(c2cccc(F)c2)C1. The molecule has 2 amide bonds. The maximum Gasteiger partial charge on any atom is 0.317 e. The van der Waals surface area contributed by atoms with Crippen molar-refractivity contribution in [3.05, 3.63) is 35.6 Å². The molecular weight excluding hydrogens is 353 g/mol. The third-order valence-corrected chi connectivity index (χ3v) is 6.88. The number of rotatable bonds is 4. The fourth-order valence-corrected chi connectivity index (χ4v) is 5.32. The van der Waals surface area contributed by atoms with Gasteiger partial charge >= 0.3 is 6.03 Å². The second kappa shape index (κ2) is 9.25. The topological polar surface area (TPSA) is 35.6 Å². The average molecular weight is 388 g/mol. The Bertz CT molecular complexity index is 655. The number of hydrogen-bond acceptors (Lipinski definition) is 2. The van der Waals surface area contributed by atoms with Crippen molar-refractivity contribution in [1.29, 1.82) is 0 Å². The van der Waals surface area contributed by atoms with E-state index in [1.807, 2.05) is 11.0 Å². The molecule has 3 aliphatic rings. The van der Waals surface area contributed by atoms with Crippen LogP contribution in [0.3, 0.4) is 0 Å². The van der Waals surface area contributed by atoms with Gasteiger partial charge in [-0.05, 0) is 62.4 Å². The molecule has 0 aromatic heterocycles. The van der Waals surface area contributed by atoms with Gasteiger partial charge in [-0.25, -0.2) is 9.18 Å². The van der Waals surface area contributed by atoms with Crippen LogP contribution < -0.4 is 5.32 Å². The number of urea groups is 1. The fraction of sp³-hybridized carbons (Fsp3) is 0.696. The van der Waals surface area contributed by atoms with Crippen molar-refractivity contribution in [3.63, 3.8) is 0 Å². The van der Waals surface area contributed by atoms with Crippen LogP contribution in [0.5, 0.6) is 0 Å². The normalized spacial score (nSPS) is 27.1. The molecule has 5 heteroatoms. The number of likely N-dealkylation sites (tertiary alicyclic amines) is 2. The van der Waals surface area contributed by atoms with E-state index >= 15 is 0 Å². The van der Waals surface area contributed by atoms with Crippen molar-refractivity contribution >= 4 is 6.03 Å². The van der Waals surface area contributed by atoms with Crippen LogP contribution >= 0.6 is 0 Å². The highest BCUT2D eigenvalue weighted by Crippen LogP contribution is 2.34. The molecule has 154 valence electrons. The molecule has 1 aromatic carbocycles. The Morgan fingerprint density at radius 3 is 2.54 bits per heavy atom. The monoisotopic (exact) mass is 387 g/mol. The summed E-state index contributed by atoms with van der Waals surface area (Å²) in [6.45, 7) is 4.78. The van der Waals surface area contributed by atoms with Crippen molar-refractivity contribution in [2.75, 3.05) is 32.7 Å². The highest BCUT2D eigenvalue weighted by Gasteiger charge is 2.37. The van der Waals surface area contributed by atoms with Crippen molar-refractivity contribution in [2.45, 2.75) is 63.3 Å². The van der Waals surface area contributed by atoms with Crippen LogP contribution in [0, 0.1) is 11.7 Å². The molecule has 0 radical (unpaired) electrons. The molecule has 1 saturated carbocycles. The first-order valence-corrected chi connectivity index (χ1v) is 11.2. The van der Waals surface area contributed by atoms with Crippen LogP contribution in [0.25, 0.3) is 0 Å². The number of hydrogen-bond donors (Lipinski definition) is 1. The zero-order valence-corrected chi connectivity index (χ0v) is 16.9. The predicted molar refractivity (Wildman–Crippen MR) is 110 cm³/mol. The van der Waals surface area contributed by atoms with Gasteiger partial charge in [0.05, 0.1) is 0 Å². The number of halogens is 1. The predicted octanol–water partition coefficient (Wildman–Crippen LogP) is 4.37. The number of carbonyl (C=O) groups excluding carboxylic acids is 1. The molecule has 0 spiro atoms. The van der Waals surface area contributed by atoms with Gasteiger partial charge in [-0.3, -0.25) is 0 Å². The Hall–Kier alpha value is -1.62. The quantitative estimate of drug-likeness (QED) is 0.833. The summed E-state index contributed by atoms with van der Waals surface area (Å²) in [5.74, 6) is 0.408. The highest BCUT2D eigenvalue weighted by atomic mass is 19.1. The lowest BCUT2D eigenvalue weighted by Gasteiger charge is -2.31. The summed E-state index contributed by atoms with van der Waals surface area (Å²) in [5.41, 5.74) is 1.04. The second-order valence-corrected chi connectivity index (χ2v) is 8.97. The first kappa shape index (κ1) is 19.7. The van der Waals surface area contributed by atoms with Crippen LogP contribution in [-0.4, -0.2) is 54.6 Å². The summed E-state index contributed by atoms with van der Waals surface area (Å²) in [6, 6.07) is 7.40. The summed E-state index contributed by atoms with van der Waals surface area (Å²) in [6.07, 6.45) is 9.78. The van der Waals surface area contributed by atoms with E-state index in [0.29, 0.717) is 18.5 Å². The Balaban J connectivity index is 1.44. The fourth-order valence-electron chi connectivity index (χ4n) is 5.32. The minimum atomic E-state index is -0.181. The van der Waals surface area contributed by atoms with Crippen LogP contribution in [0.2, 0.25) is 0 Å². The zero-order valence-electron chi connectivity index (χ0n) is 16.9. The summed E-state index contributed by atoms with van der Waals surface area (Å²) >= 11 is 0. The highest BCUT2D eigenvalue weighted by molar-refractivity contribution is 5.75. The number of carbonyl (C=O) groups is 1. The summed E-state index contributed by atoms with van der Waals surface area (Å²) in [5, 5.41) is 3.27. The lowest BCUT2D eigenvalue weighted by Crippen LogP contribution is -2.45. The van der Waals surface area contributed by atoms with Gasteiger partial charge in [-0.15, -0.1) is 0 Å². The molecule has 1 aliphatic carbocycles. The van der Waals surface area contributed by atoms with E-state index < -0.39 is 0 Å². The van der Waals surface area contributed by atoms with Crippen LogP contribution in [0.15, 0.2) is 24.3 Å². The van der Waals surface area contributed by atoms with Gasteiger partial charge in [0.25, 0.3) is 0 Å². The van der Waals surface area contributed by atoms with Gasteiger partial charge in [0.1, 0.15) is 5.82 Å². The van der Waals surface area contributed by atoms with Crippen molar-refractivity contribution in [2.24, 2.45) is 5.92 Å². The van der Waals surface area contributed by atoms with Gasteiger partial charge in [-0.2, -0.15) is 0 Å². The van der Waals surface area contributed by atoms with Crippen molar-refractivity contribution in [1.82, 2.24) is 15.1 Å². The van der Waals surface area contributed by atoms with E-state index in [0.717, 1.165) is 44.6 Å². The van der Waals surface area contributed by atoms with Crippen LogP contribution in [-0.2, 0) is 0 Å². The lowest BCUT2D eigenvalue weighted by atomic mass is 9.88. The van der Waals surface area contributed by atoms with E-state index in [1.54, 1.807) is 12.1 Å². The molecule has 3 fully saturated rings. The first-order chi connectivity index (χ1) is 13.7. The zero-order chi connectivity index (χ0) is 19.3. The molecule has 28 heavy (non-hydrogen) atoms. The minimum absolute atomic E-state index is 0.0782. The molecule has 2 atom stereocenters.